The summed E-state index contributed by atoms with van der Waals surface area (Å²) in [7, 11) is 0. The van der Waals surface area contributed by atoms with Crippen LogP contribution in [0.5, 0.6) is 0 Å². The van der Waals surface area contributed by atoms with Gasteiger partial charge in [0.15, 0.2) is 5.82 Å². The molecule has 6 heteroatoms. The minimum Gasteiger partial charge on any atom is -0.367 e. The van der Waals surface area contributed by atoms with E-state index in [1.807, 2.05) is 36.4 Å². The average molecular weight is 445 g/mol. The highest BCUT2D eigenvalue weighted by molar-refractivity contribution is 5.94. The van der Waals surface area contributed by atoms with E-state index in [9.17, 15) is 8.78 Å². The van der Waals surface area contributed by atoms with Crippen molar-refractivity contribution in [3.8, 4) is 22.6 Å². The molecule has 2 heterocycles. The van der Waals surface area contributed by atoms with E-state index in [-0.39, 0.29) is 5.52 Å². The van der Waals surface area contributed by atoms with E-state index in [0.717, 1.165) is 29.1 Å². The summed E-state index contributed by atoms with van der Waals surface area (Å²) < 4.78 is 28.3. The van der Waals surface area contributed by atoms with E-state index in [1.54, 1.807) is 6.20 Å². The molecule has 0 radical (unpaired) electrons. The van der Waals surface area contributed by atoms with Crippen LogP contribution >= 0.6 is 0 Å². The minimum atomic E-state index is -0.624. The summed E-state index contributed by atoms with van der Waals surface area (Å²) >= 11 is 0. The normalized spacial score (nSPS) is 24.3. The van der Waals surface area contributed by atoms with Crippen LogP contribution in [0.4, 0.5) is 14.6 Å². The third kappa shape index (κ3) is 3.58. The van der Waals surface area contributed by atoms with Crippen molar-refractivity contribution >= 4 is 16.7 Å². The van der Waals surface area contributed by atoms with E-state index in [1.165, 1.54) is 31.7 Å². The molecule has 4 aromatic rings. The SMILES string of the molecule is C[C@@H]1C2CCC(CC2)[C@H]1Nc1cc(-c2ccccc2)nc(-c2c[nH]c3c(F)cc(F)cc23)n1. The Kier molecular flexibility index (Phi) is 4.89. The molecule has 7 rings (SSSR count). The van der Waals surface area contributed by atoms with Gasteiger partial charge in [0.05, 0.1) is 11.2 Å². The van der Waals surface area contributed by atoms with Gasteiger partial charge in [-0.25, -0.2) is 18.7 Å². The van der Waals surface area contributed by atoms with Crippen LogP contribution in [0.3, 0.4) is 0 Å². The van der Waals surface area contributed by atoms with Gasteiger partial charge in [0.2, 0.25) is 0 Å². The molecule has 2 atom stereocenters. The van der Waals surface area contributed by atoms with Gasteiger partial charge in [0.1, 0.15) is 17.5 Å². The van der Waals surface area contributed by atoms with E-state index in [0.29, 0.717) is 34.7 Å². The number of anilines is 1. The van der Waals surface area contributed by atoms with Gasteiger partial charge in [0.25, 0.3) is 0 Å². The second-order valence-corrected chi connectivity index (χ2v) is 9.54. The topological polar surface area (TPSA) is 53.6 Å². The summed E-state index contributed by atoms with van der Waals surface area (Å²) in [6.45, 7) is 2.35. The number of benzene rings is 2. The van der Waals surface area contributed by atoms with Crippen LogP contribution in [0.25, 0.3) is 33.5 Å². The molecule has 2 N–H and O–H groups in total. The van der Waals surface area contributed by atoms with Crippen molar-refractivity contribution in [1.82, 2.24) is 15.0 Å². The summed E-state index contributed by atoms with van der Waals surface area (Å²) in [5, 5.41) is 4.17. The third-order valence-corrected chi connectivity index (χ3v) is 7.69. The Balaban J connectivity index is 1.46. The molecule has 0 spiro atoms. The van der Waals surface area contributed by atoms with Gasteiger partial charge in [0, 0.05) is 40.9 Å². The van der Waals surface area contributed by atoms with Crippen molar-refractivity contribution in [2.45, 2.75) is 38.6 Å². The molecule has 0 unspecified atom stereocenters. The van der Waals surface area contributed by atoms with E-state index in [4.69, 9.17) is 9.97 Å². The Morgan fingerprint density at radius 1 is 0.939 bits per heavy atom. The highest BCUT2D eigenvalue weighted by Gasteiger charge is 2.41. The molecule has 3 aliphatic carbocycles. The van der Waals surface area contributed by atoms with E-state index in [2.05, 4.69) is 17.2 Å². The smallest absolute Gasteiger partial charge is 0.164 e. The molecule has 4 nitrogen and oxygen atoms in total. The van der Waals surface area contributed by atoms with Crippen molar-refractivity contribution in [2.24, 2.45) is 17.8 Å². The zero-order valence-corrected chi connectivity index (χ0v) is 18.5. The fourth-order valence-electron chi connectivity index (χ4n) is 5.91. The van der Waals surface area contributed by atoms with Crippen molar-refractivity contribution in [3.05, 3.63) is 66.4 Å². The highest BCUT2D eigenvalue weighted by Crippen LogP contribution is 2.46. The number of hydrogen-bond donors (Lipinski definition) is 2. The van der Waals surface area contributed by atoms with Gasteiger partial charge in [-0.3, -0.25) is 0 Å². The van der Waals surface area contributed by atoms with Gasteiger partial charge in [-0.05, 0) is 49.5 Å². The van der Waals surface area contributed by atoms with Crippen LogP contribution in [-0.2, 0) is 0 Å². The highest BCUT2D eigenvalue weighted by atomic mass is 19.1. The van der Waals surface area contributed by atoms with Gasteiger partial charge in [-0.2, -0.15) is 0 Å². The summed E-state index contributed by atoms with van der Waals surface area (Å²) in [6.07, 6.45) is 6.82. The monoisotopic (exact) mass is 444 g/mol. The number of fused-ring (bicyclic) bond motifs is 4. The summed E-state index contributed by atoms with van der Waals surface area (Å²) in [4.78, 5) is 12.6. The predicted octanol–water partition coefficient (Wildman–Crippen LogP) is 6.81. The zero-order chi connectivity index (χ0) is 22.5. The first-order chi connectivity index (χ1) is 16.1. The molecule has 33 heavy (non-hydrogen) atoms. The molecule has 0 aliphatic heterocycles. The number of aromatic amines is 1. The molecule has 2 aromatic carbocycles. The molecule has 0 saturated heterocycles. The van der Waals surface area contributed by atoms with Crippen LogP contribution < -0.4 is 5.32 Å². The Hall–Kier alpha value is -3.28. The first kappa shape index (κ1) is 20.3. The molecule has 2 bridgehead atoms. The minimum absolute atomic E-state index is 0.257. The Morgan fingerprint density at radius 2 is 1.70 bits per heavy atom. The van der Waals surface area contributed by atoms with Gasteiger partial charge in [-0.1, -0.05) is 37.3 Å². The van der Waals surface area contributed by atoms with Crippen molar-refractivity contribution in [2.75, 3.05) is 5.32 Å². The summed E-state index contributed by atoms with van der Waals surface area (Å²) in [6, 6.07) is 14.5. The maximum absolute atomic E-state index is 14.3. The number of nitrogens with zero attached hydrogens (tertiary/aromatic N) is 2. The second-order valence-electron chi connectivity index (χ2n) is 9.54. The number of nitrogens with one attached hydrogen (secondary N) is 2. The lowest BCUT2D eigenvalue weighted by Crippen LogP contribution is -2.47. The summed E-state index contributed by atoms with van der Waals surface area (Å²) in [5.74, 6) is 1.97. The Bertz CT molecular complexity index is 1310. The molecular formula is C27H26F2N4. The van der Waals surface area contributed by atoms with Crippen LogP contribution in [-0.4, -0.2) is 21.0 Å². The standard InChI is InChI=1S/C27H26F2N4/c1-15-16-7-9-18(10-8-16)25(15)32-24-13-23(17-5-3-2-4-6-17)31-27(33-24)21-14-30-26-20(21)11-19(28)12-22(26)29/h2-6,11-16,18,25,30H,7-10H2,1H3,(H,31,32,33)/t15-,16?,18?,25+/m1/s1. The molecule has 0 amide bonds. The second kappa shape index (κ2) is 7.94. The molecule has 3 fully saturated rings. The van der Waals surface area contributed by atoms with Gasteiger partial charge in [-0.15, -0.1) is 0 Å². The zero-order valence-electron chi connectivity index (χ0n) is 18.5. The number of rotatable bonds is 4. The van der Waals surface area contributed by atoms with Gasteiger partial charge < -0.3 is 10.3 Å². The van der Waals surface area contributed by atoms with Crippen molar-refractivity contribution in [3.63, 3.8) is 0 Å². The van der Waals surface area contributed by atoms with Crippen LogP contribution in [0.1, 0.15) is 32.6 Å². The lowest BCUT2D eigenvalue weighted by atomic mass is 9.62. The maximum atomic E-state index is 14.3. The predicted molar refractivity (Wildman–Crippen MR) is 127 cm³/mol. The number of hydrogen-bond acceptors (Lipinski definition) is 3. The average Bonchev–Trinajstić information content (AvgIpc) is 3.26. The number of aromatic nitrogens is 3. The Labute approximate surface area is 191 Å². The molecule has 2 aromatic heterocycles. The Morgan fingerprint density at radius 3 is 2.45 bits per heavy atom. The van der Waals surface area contributed by atoms with Crippen molar-refractivity contribution < 1.29 is 8.78 Å². The lowest BCUT2D eigenvalue weighted by molar-refractivity contribution is 0.0928. The largest absolute Gasteiger partial charge is 0.367 e. The fraction of sp³-hybridized carbons (Fsp3) is 0.333. The van der Waals surface area contributed by atoms with Crippen molar-refractivity contribution in [1.29, 1.82) is 0 Å². The quantitative estimate of drug-likeness (QED) is 0.364. The number of H-pyrrole nitrogens is 1. The molecule has 3 aliphatic rings. The first-order valence-corrected chi connectivity index (χ1v) is 11.7. The van der Waals surface area contributed by atoms with Crippen LogP contribution in [0, 0.1) is 29.4 Å². The van der Waals surface area contributed by atoms with E-state index >= 15 is 0 Å². The van der Waals surface area contributed by atoms with E-state index < -0.39 is 11.6 Å². The third-order valence-electron chi connectivity index (χ3n) is 7.69. The number of halogens is 2. The van der Waals surface area contributed by atoms with Crippen LogP contribution in [0.15, 0.2) is 54.7 Å². The maximum Gasteiger partial charge on any atom is 0.164 e. The fourth-order valence-corrected chi connectivity index (χ4v) is 5.91. The van der Waals surface area contributed by atoms with Crippen LogP contribution in [0.2, 0.25) is 0 Å². The molecule has 3 saturated carbocycles. The molecular weight excluding hydrogens is 418 g/mol. The summed E-state index contributed by atoms with van der Waals surface area (Å²) in [5.41, 5.74) is 2.60. The van der Waals surface area contributed by atoms with Gasteiger partial charge >= 0.3 is 0 Å². The lowest BCUT2D eigenvalue weighted by Gasteiger charge is -2.47. The first-order valence-electron chi connectivity index (χ1n) is 11.7. The molecule has 168 valence electrons.